The second kappa shape index (κ2) is 5.93. The molecule has 0 bridgehead atoms. The van der Waals surface area contributed by atoms with E-state index in [1.807, 2.05) is 0 Å². The van der Waals surface area contributed by atoms with Crippen LogP contribution in [0.3, 0.4) is 0 Å². The van der Waals surface area contributed by atoms with Gasteiger partial charge < -0.3 is 14.9 Å². The number of aliphatic carboxylic acids is 2. The van der Waals surface area contributed by atoms with Crippen LogP contribution in [0, 0.1) is 0 Å². The molecule has 0 aliphatic carbocycles. The zero-order valence-electron chi connectivity index (χ0n) is 7.77. The van der Waals surface area contributed by atoms with E-state index in [2.05, 4.69) is 6.58 Å². The normalized spacial score (nSPS) is 13.4. The largest absolute Gasteiger partial charge is 0.478 e. The number of hydrogen-bond donors (Lipinski definition) is 2. The summed E-state index contributed by atoms with van der Waals surface area (Å²) in [7, 11) is 0. The molecule has 0 aromatic carbocycles. The van der Waals surface area contributed by atoms with Crippen molar-refractivity contribution in [1.29, 1.82) is 0 Å². The highest BCUT2D eigenvalue weighted by atomic mass is 16.5. The summed E-state index contributed by atoms with van der Waals surface area (Å²) in [5.74, 6) is -2.61. The van der Waals surface area contributed by atoms with Gasteiger partial charge in [0.25, 0.3) is 0 Å². The van der Waals surface area contributed by atoms with E-state index in [0.717, 1.165) is 0 Å². The average molecular weight is 200 g/mol. The minimum Gasteiger partial charge on any atom is -0.478 e. The zero-order chi connectivity index (χ0) is 11.1. The molecule has 5 nitrogen and oxygen atoms in total. The van der Waals surface area contributed by atoms with Gasteiger partial charge >= 0.3 is 11.9 Å². The standard InChI is InChI=1S/C9H12O5/c1-3-4-14-6(2)7(9(12)13)5-8(10)11/h3,5-6H,1,4H2,2H3,(H,10,11)(H,12,13)/b7-5+. The van der Waals surface area contributed by atoms with Gasteiger partial charge in [0.05, 0.1) is 18.3 Å². The molecule has 78 valence electrons. The van der Waals surface area contributed by atoms with Crippen molar-refractivity contribution in [2.75, 3.05) is 6.61 Å². The first-order chi connectivity index (χ1) is 6.49. The highest BCUT2D eigenvalue weighted by molar-refractivity contribution is 5.95. The molecule has 0 heterocycles. The first-order valence-electron chi connectivity index (χ1n) is 3.89. The van der Waals surface area contributed by atoms with Crippen molar-refractivity contribution in [3.63, 3.8) is 0 Å². The molecule has 0 saturated heterocycles. The van der Waals surface area contributed by atoms with Gasteiger partial charge in [-0.2, -0.15) is 0 Å². The summed E-state index contributed by atoms with van der Waals surface area (Å²) in [5, 5.41) is 17.0. The zero-order valence-corrected chi connectivity index (χ0v) is 7.77. The van der Waals surface area contributed by atoms with Crippen LogP contribution in [0.1, 0.15) is 6.92 Å². The lowest BCUT2D eigenvalue weighted by molar-refractivity contribution is -0.136. The monoisotopic (exact) mass is 200 g/mol. The fourth-order valence-corrected chi connectivity index (χ4v) is 0.788. The van der Waals surface area contributed by atoms with Crippen molar-refractivity contribution in [1.82, 2.24) is 0 Å². The summed E-state index contributed by atoms with van der Waals surface area (Å²) in [5.41, 5.74) is -0.292. The molecule has 0 radical (unpaired) electrons. The van der Waals surface area contributed by atoms with Crippen molar-refractivity contribution < 1.29 is 24.5 Å². The second-order valence-corrected chi connectivity index (χ2v) is 2.51. The smallest absolute Gasteiger partial charge is 0.334 e. The Morgan fingerprint density at radius 2 is 2.07 bits per heavy atom. The molecule has 5 heteroatoms. The predicted molar refractivity (Wildman–Crippen MR) is 49.0 cm³/mol. The van der Waals surface area contributed by atoms with Crippen LogP contribution in [0.2, 0.25) is 0 Å². The Kier molecular flexibility index (Phi) is 5.24. The van der Waals surface area contributed by atoms with Crippen LogP contribution in [0.25, 0.3) is 0 Å². The van der Waals surface area contributed by atoms with Crippen LogP contribution in [0.5, 0.6) is 0 Å². The number of carboxylic acids is 2. The van der Waals surface area contributed by atoms with Gasteiger partial charge in [0.15, 0.2) is 0 Å². The minimum atomic E-state index is -1.31. The summed E-state index contributed by atoms with van der Waals surface area (Å²) in [4.78, 5) is 20.9. The lowest BCUT2D eigenvalue weighted by Crippen LogP contribution is -2.19. The topological polar surface area (TPSA) is 83.8 Å². The third kappa shape index (κ3) is 4.42. The van der Waals surface area contributed by atoms with E-state index >= 15 is 0 Å². The SMILES string of the molecule is C=CCOC(C)/C(=C\C(=O)O)C(=O)O. The summed E-state index contributed by atoms with van der Waals surface area (Å²) in [6.45, 7) is 5.03. The van der Waals surface area contributed by atoms with Gasteiger partial charge in [0.2, 0.25) is 0 Å². The van der Waals surface area contributed by atoms with Gasteiger partial charge in [-0.05, 0) is 6.92 Å². The summed E-state index contributed by atoms with van der Waals surface area (Å²) in [6, 6.07) is 0. The van der Waals surface area contributed by atoms with Crippen LogP contribution in [-0.2, 0) is 14.3 Å². The van der Waals surface area contributed by atoms with Crippen LogP contribution in [0.4, 0.5) is 0 Å². The number of ether oxygens (including phenoxy) is 1. The highest BCUT2D eigenvalue weighted by Gasteiger charge is 2.17. The maximum atomic E-state index is 10.6. The summed E-state index contributed by atoms with van der Waals surface area (Å²) >= 11 is 0. The van der Waals surface area contributed by atoms with Gasteiger partial charge in [-0.15, -0.1) is 6.58 Å². The molecule has 14 heavy (non-hydrogen) atoms. The van der Waals surface area contributed by atoms with Crippen LogP contribution < -0.4 is 0 Å². The minimum absolute atomic E-state index is 0.172. The van der Waals surface area contributed by atoms with Crippen molar-refractivity contribution >= 4 is 11.9 Å². The van der Waals surface area contributed by atoms with Gasteiger partial charge in [-0.25, -0.2) is 9.59 Å². The highest BCUT2D eigenvalue weighted by Crippen LogP contribution is 2.06. The summed E-state index contributed by atoms with van der Waals surface area (Å²) in [6.07, 6.45) is 1.30. The summed E-state index contributed by atoms with van der Waals surface area (Å²) < 4.78 is 4.98. The number of carbonyl (C=O) groups is 2. The Balaban J connectivity index is 4.57. The Morgan fingerprint density at radius 1 is 1.50 bits per heavy atom. The average Bonchev–Trinajstić information content (AvgIpc) is 2.09. The van der Waals surface area contributed by atoms with E-state index < -0.39 is 18.0 Å². The third-order valence-corrected chi connectivity index (χ3v) is 1.43. The molecule has 0 aromatic heterocycles. The number of rotatable bonds is 6. The quantitative estimate of drug-likeness (QED) is 0.486. The van der Waals surface area contributed by atoms with Crippen LogP contribution in [0.15, 0.2) is 24.3 Å². The van der Waals surface area contributed by atoms with E-state index in [4.69, 9.17) is 14.9 Å². The molecule has 0 spiro atoms. The number of carboxylic acid groups (broad SMARTS) is 2. The van der Waals surface area contributed by atoms with Crippen LogP contribution in [-0.4, -0.2) is 34.9 Å². The second-order valence-electron chi connectivity index (χ2n) is 2.51. The van der Waals surface area contributed by atoms with E-state index in [9.17, 15) is 9.59 Å². The lowest BCUT2D eigenvalue weighted by Gasteiger charge is -2.11. The van der Waals surface area contributed by atoms with Gasteiger partial charge in [0, 0.05) is 6.08 Å². The molecule has 0 rings (SSSR count). The molecule has 0 aromatic rings. The Labute approximate surface area is 81.3 Å². The van der Waals surface area contributed by atoms with Crippen molar-refractivity contribution in [2.45, 2.75) is 13.0 Å². The van der Waals surface area contributed by atoms with E-state index in [1.54, 1.807) is 0 Å². The maximum Gasteiger partial charge on any atom is 0.334 e. The molecule has 0 amide bonds. The molecule has 0 aliphatic heterocycles. The molecular formula is C9H12O5. The molecule has 0 fully saturated rings. The van der Waals surface area contributed by atoms with E-state index in [1.165, 1.54) is 13.0 Å². The molecule has 1 atom stereocenters. The van der Waals surface area contributed by atoms with Crippen molar-refractivity contribution in [3.05, 3.63) is 24.3 Å². The van der Waals surface area contributed by atoms with E-state index in [0.29, 0.717) is 6.08 Å². The van der Waals surface area contributed by atoms with Gasteiger partial charge in [-0.3, -0.25) is 0 Å². The lowest BCUT2D eigenvalue weighted by atomic mass is 10.1. The maximum absolute atomic E-state index is 10.6. The van der Waals surface area contributed by atoms with Gasteiger partial charge in [-0.1, -0.05) is 6.08 Å². The van der Waals surface area contributed by atoms with Crippen LogP contribution >= 0.6 is 0 Å². The first kappa shape index (κ1) is 12.4. The van der Waals surface area contributed by atoms with E-state index in [-0.39, 0.29) is 12.2 Å². The van der Waals surface area contributed by atoms with Crippen molar-refractivity contribution in [2.24, 2.45) is 0 Å². The Hall–Kier alpha value is -1.62. The number of hydrogen-bond acceptors (Lipinski definition) is 3. The molecular weight excluding hydrogens is 188 g/mol. The predicted octanol–water partition coefficient (Wildman–Crippen LogP) is 0.673. The molecule has 0 aliphatic rings. The third-order valence-electron chi connectivity index (χ3n) is 1.43. The fourth-order valence-electron chi connectivity index (χ4n) is 0.788. The fraction of sp³-hybridized carbons (Fsp3) is 0.333. The molecule has 2 N–H and O–H groups in total. The van der Waals surface area contributed by atoms with Crippen molar-refractivity contribution in [3.8, 4) is 0 Å². The first-order valence-corrected chi connectivity index (χ1v) is 3.89. The Morgan fingerprint density at radius 3 is 2.43 bits per heavy atom. The van der Waals surface area contributed by atoms with Gasteiger partial charge in [0.1, 0.15) is 0 Å². The molecule has 1 unspecified atom stereocenters. The Bertz CT molecular complexity index is 266. The molecule has 0 saturated carbocycles.